The molecule has 1 aliphatic heterocycles. The first-order valence-corrected chi connectivity index (χ1v) is 7.01. The SMILES string of the molecule is Cc1cccc(N2CCN(C/C=C/C(=O)O)CC2)c1C. The molecule has 0 saturated carbocycles. The van der Waals surface area contributed by atoms with E-state index in [0.717, 1.165) is 26.2 Å². The lowest BCUT2D eigenvalue weighted by molar-refractivity contribution is -0.131. The van der Waals surface area contributed by atoms with Crippen LogP contribution in [0.1, 0.15) is 11.1 Å². The molecule has 0 amide bonds. The van der Waals surface area contributed by atoms with Crippen LogP contribution in [0, 0.1) is 13.8 Å². The Hall–Kier alpha value is -1.81. The molecule has 2 rings (SSSR count). The summed E-state index contributed by atoms with van der Waals surface area (Å²) in [6, 6.07) is 6.44. The first kappa shape index (κ1) is 14.6. The largest absolute Gasteiger partial charge is 0.478 e. The van der Waals surface area contributed by atoms with E-state index in [0.29, 0.717) is 6.54 Å². The third kappa shape index (κ3) is 3.61. The van der Waals surface area contributed by atoms with Crippen molar-refractivity contribution in [1.29, 1.82) is 0 Å². The van der Waals surface area contributed by atoms with Crippen molar-refractivity contribution in [2.75, 3.05) is 37.6 Å². The molecular formula is C16H22N2O2. The van der Waals surface area contributed by atoms with E-state index in [-0.39, 0.29) is 0 Å². The van der Waals surface area contributed by atoms with Crippen LogP contribution in [-0.2, 0) is 4.79 Å². The van der Waals surface area contributed by atoms with Gasteiger partial charge in [0, 0.05) is 44.5 Å². The van der Waals surface area contributed by atoms with Gasteiger partial charge in [0.2, 0.25) is 0 Å². The third-order valence-electron chi connectivity index (χ3n) is 3.91. The van der Waals surface area contributed by atoms with Crippen LogP contribution in [0.4, 0.5) is 5.69 Å². The van der Waals surface area contributed by atoms with Gasteiger partial charge < -0.3 is 10.0 Å². The lowest BCUT2D eigenvalue weighted by Crippen LogP contribution is -2.46. The van der Waals surface area contributed by atoms with Gasteiger partial charge >= 0.3 is 5.97 Å². The minimum atomic E-state index is -0.876. The van der Waals surface area contributed by atoms with Gasteiger partial charge in [0.15, 0.2) is 0 Å². The van der Waals surface area contributed by atoms with Crippen molar-refractivity contribution in [1.82, 2.24) is 4.90 Å². The Balaban J connectivity index is 1.91. The van der Waals surface area contributed by atoms with Gasteiger partial charge in [0.25, 0.3) is 0 Å². The van der Waals surface area contributed by atoms with E-state index in [4.69, 9.17) is 5.11 Å². The van der Waals surface area contributed by atoms with E-state index in [1.165, 1.54) is 22.9 Å². The number of carboxylic acid groups (broad SMARTS) is 1. The molecular weight excluding hydrogens is 252 g/mol. The fourth-order valence-electron chi connectivity index (χ4n) is 2.55. The molecule has 0 bridgehead atoms. The first-order valence-electron chi connectivity index (χ1n) is 7.01. The molecule has 1 saturated heterocycles. The second kappa shape index (κ2) is 6.57. The summed E-state index contributed by atoms with van der Waals surface area (Å²) >= 11 is 0. The number of piperazine rings is 1. The van der Waals surface area contributed by atoms with E-state index in [1.807, 2.05) is 0 Å². The van der Waals surface area contributed by atoms with Crippen molar-refractivity contribution in [3.8, 4) is 0 Å². The predicted molar refractivity (Wildman–Crippen MR) is 81.3 cm³/mol. The highest BCUT2D eigenvalue weighted by molar-refractivity contribution is 5.79. The standard InChI is InChI=1S/C16H22N2O2/c1-13-5-3-6-15(14(13)2)18-11-9-17(10-12-18)8-4-7-16(19)20/h3-7H,8-12H2,1-2H3,(H,19,20)/b7-4+. The minimum absolute atomic E-state index is 0.715. The molecule has 0 spiro atoms. The van der Waals surface area contributed by atoms with Gasteiger partial charge in [-0.3, -0.25) is 4.90 Å². The van der Waals surface area contributed by atoms with Crippen molar-refractivity contribution in [3.63, 3.8) is 0 Å². The van der Waals surface area contributed by atoms with Crippen LogP contribution >= 0.6 is 0 Å². The topological polar surface area (TPSA) is 43.8 Å². The zero-order valence-electron chi connectivity index (χ0n) is 12.2. The lowest BCUT2D eigenvalue weighted by Gasteiger charge is -2.36. The van der Waals surface area contributed by atoms with Crippen LogP contribution in [0.3, 0.4) is 0 Å². The van der Waals surface area contributed by atoms with Crippen molar-refractivity contribution in [2.45, 2.75) is 13.8 Å². The molecule has 0 aliphatic carbocycles. The van der Waals surface area contributed by atoms with E-state index in [2.05, 4.69) is 41.8 Å². The Kier molecular flexibility index (Phi) is 4.79. The number of anilines is 1. The van der Waals surface area contributed by atoms with Crippen LogP contribution in [-0.4, -0.2) is 48.7 Å². The summed E-state index contributed by atoms with van der Waals surface area (Å²) < 4.78 is 0. The Morgan fingerprint density at radius 3 is 2.60 bits per heavy atom. The fourth-order valence-corrected chi connectivity index (χ4v) is 2.55. The molecule has 1 aliphatic rings. The van der Waals surface area contributed by atoms with Crippen molar-refractivity contribution < 1.29 is 9.90 Å². The molecule has 108 valence electrons. The quantitative estimate of drug-likeness (QED) is 0.854. The zero-order valence-corrected chi connectivity index (χ0v) is 12.2. The second-order valence-electron chi connectivity index (χ2n) is 5.25. The van der Waals surface area contributed by atoms with Gasteiger partial charge in [-0.25, -0.2) is 4.79 Å². The summed E-state index contributed by atoms with van der Waals surface area (Å²) in [5.41, 5.74) is 4.01. The zero-order chi connectivity index (χ0) is 14.5. The number of carboxylic acids is 1. The highest BCUT2D eigenvalue weighted by Gasteiger charge is 2.17. The Morgan fingerprint density at radius 2 is 1.95 bits per heavy atom. The monoisotopic (exact) mass is 274 g/mol. The minimum Gasteiger partial charge on any atom is -0.478 e. The molecule has 1 aromatic carbocycles. The highest BCUT2D eigenvalue weighted by atomic mass is 16.4. The number of rotatable bonds is 4. The smallest absolute Gasteiger partial charge is 0.328 e. The van der Waals surface area contributed by atoms with Gasteiger partial charge in [0.05, 0.1) is 0 Å². The highest BCUT2D eigenvalue weighted by Crippen LogP contribution is 2.23. The fraction of sp³-hybridized carbons (Fsp3) is 0.438. The molecule has 0 radical (unpaired) electrons. The van der Waals surface area contributed by atoms with Gasteiger partial charge in [0.1, 0.15) is 0 Å². The van der Waals surface area contributed by atoms with Gasteiger partial charge in [-0.05, 0) is 31.0 Å². The predicted octanol–water partition coefficient (Wildman–Crippen LogP) is 2.07. The summed E-state index contributed by atoms with van der Waals surface area (Å²) in [5, 5.41) is 8.58. The van der Waals surface area contributed by atoms with E-state index in [9.17, 15) is 4.79 Å². The van der Waals surface area contributed by atoms with Crippen molar-refractivity contribution in [2.24, 2.45) is 0 Å². The normalized spacial score (nSPS) is 16.8. The summed E-state index contributed by atoms with van der Waals surface area (Å²) in [6.45, 7) is 8.95. The first-order chi connectivity index (χ1) is 9.58. The Bertz CT molecular complexity index is 503. The maximum absolute atomic E-state index is 10.4. The summed E-state index contributed by atoms with van der Waals surface area (Å²) in [6.07, 6.45) is 2.94. The molecule has 1 N–H and O–H groups in total. The molecule has 4 heteroatoms. The third-order valence-corrected chi connectivity index (χ3v) is 3.91. The van der Waals surface area contributed by atoms with Crippen molar-refractivity contribution >= 4 is 11.7 Å². The summed E-state index contributed by atoms with van der Waals surface area (Å²) in [7, 11) is 0. The molecule has 1 heterocycles. The van der Waals surface area contributed by atoms with Crippen LogP contribution in [0.5, 0.6) is 0 Å². The van der Waals surface area contributed by atoms with Crippen molar-refractivity contribution in [3.05, 3.63) is 41.5 Å². The lowest BCUT2D eigenvalue weighted by atomic mass is 10.1. The number of aryl methyl sites for hydroxylation is 1. The van der Waals surface area contributed by atoms with E-state index in [1.54, 1.807) is 6.08 Å². The second-order valence-corrected chi connectivity index (χ2v) is 5.25. The number of nitrogens with zero attached hydrogens (tertiary/aromatic N) is 2. The number of aliphatic carboxylic acids is 1. The maximum Gasteiger partial charge on any atom is 0.328 e. The Labute approximate surface area is 120 Å². The van der Waals surface area contributed by atoms with Gasteiger partial charge in [-0.15, -0.1) is 0 Å². The molecule has 1 fully saturated rings. The average Bonchev–Trinajstić information content (AvgIpc) is 2.42. The van der Waals surface area contributed by atoms with Gasteiger partial charge in [-0.1, -0.05) is 18.2 Å². The molecule has 20 heavy (non-hydrogen) atoms. The molecule has 0 aromatic heterocycles. The number of hydrogen-bond donors (Lipinski definition) is 1. The molecule has 0 atom stereocenters. The Morgan fingerprint density at radius 1 is 1.25 bits per heavy atom. The number of hydrogen-bond acceptors (Lipinski definition) is 3. The van der Waals surface area contributed by atoms with Crippen LogP contribution in [0.25, 0.3) is 0 Å². The molecule has 4 nitrogen and oxygen atoms in total. The molecule has 1 aromatic rings. The van der Waals surface area contributed by atoms with Crippen LogP contribution in [0.2, 0.25) is 0 Å². The number of benzene rings is 1. The van der Waals surface area contributed by atoms with E-state index < -0.39 is 5.97 Å². The van der Waals surface area contributed by atoms with E-state index >= 15 is 0 Å². The summed E-state index contributed by atoms with van der Waals surface area (Å²) in [4.78, 5) is 15.1. The summed E-state index contributed by atoms with van der Waals surface area (Å²) in [5.74, 6) is -0.876. The van der Waals surface area contributed by atoms with Crippen LogP contribution in [0.15, 0.2) is 30.4 Å². The van der Waals surface area contributed by atoms with Crippen LogP contribution < -0.4 is 4.90 Å². The maximum atomic E-state index is 10.4. The van der Waals surface area contributed by atoms with Gasteiger partial charge in [-0.2, -0.15) is 0 Å². The molecule has 0 unspecified atom stereocenters. The number of carbonyl (C=O) groups is 1. The average molecular weight is 274 g/mol.